The zero-order valence-electron chi connectivity index (χ0n) is 16.4. The molecule has 0 aliphatic rings. The molecule has 0 saturated heterocycles. The van der Waals surface area contributed by atoms with Gasteiger partial charge in [-0.15, -0.1) is 11.3 Å². The summed E-state index contributed by atoms with van der Waals surface area (Å²) in [5.74, 6) is -0.261. The zero-order valence-corrected chi connectivity index (χ0v) is 17.2. The molecule has 0 saturated carbocycles. The second kappa shape index (κ2) is 7.35. The van der Waals surface area contributed by atoms with Crippen LogP contribution >= 0.6 is 11.3 Å². The maximum atomic E-state index is 13.1. The molecule has 0 fully saturated rings. The summed E-state index contributed by atoms with van der Waals surface area (Å²) in [5.41, 5.74) is 8.65. The Kier molecular flexibility index (Phi) is 4.52. The van der Waals surface area contributed by atoms with Crippen molar-refractivity contribution in [3.05, 3.63) is 77.2 Å². The number of aryl methyl sites for hydroxylation is 2. The van der Waals surface area contributed by atoms with Gasteiger partial charge in [0.25, 0.3) is 0 Å². The number of thiazole rings is 1. The van der Waals surface area contributed by atoms with Crippen LogP contribution in [0.5, 0.6) is 0 Å². The third-order valence-electron chi connectivity index (χ3n) is 5.08. The van der Waals surface area contributed by atoms with E-state index in [9.17, 15) is 4.39 Å². The van der Waals surface area contributed by atoms with Crippen LogP contribution in [0.3, 0.4) is 0 Å². The Morgan fingerprint density at radius 3 is 2.70 bits per heavy atom. The predicted molar refractivity (Wildman–Crippen MR) is 122 cm³/mol. The Labute approximate surface area is 176 Å². The molecule has 0 spiro atoms. The van der Waals surface area contributed by atoms with E-state index in [0.717, 1.165) is 33.5 Å². The number of fused-ring (bicyclic) bond motifs is 3. The molecule has 2 aromatic carbocycles. The number of anilines is 1. The highest BCUT2D eigenvalue weighted by Crippen LogP contribution is 2.30. The lowest BCUT2D eigenvalue weighted by Crippen LogP contribution is -1.97. The fourth-order valence-electron chi connectivity index (χ4n) is 3.73. The van der Waals surface area contributed by atoms with Gasteiger partial charge in [-0.2, -0.15) is 5.10 Å². The molecular formula is C23H18FN5S. The highest BCUT2D eigenvalue weighted by molar-refractivity contribution is 7.14. The van der Waals surface area contributed by atoms with Crippen molar-refractivity contribution in [2.75, 3.05) is 5.43 Å². The zero-order chi connectivity index (χ0) is 20.7. The first-order valence-corrected chi connectivity index (χ1v) is 10.3. The van der Waals surface area contributed by atoms with E-state index in [-0.39, 0.29) is 5.82 Å². The maximum absolute atomic E-state index is 13.1. The monoisotopic (exact) mass is 415 g/mol. The quantitative estimate of drug-likeness (QED) is 0.301. The number of pyridine rings is 1. The van der Waals surface area contributed by atoms with Crippen LogP contribution in [0, 0.1) is 12.7 Å². The summed E-state index contributed by atoms with van der Waals surface area (Å²) in [4.78, 5) is 9.19. The average molecular weight is 415 g/mol. The fourth-order valence-corrected chi connectivity index (χ4v) is 4.40. The van der Waals surface area contributed by atoms with Gasteiger partial charge in [0, 0.05) is 34.3 Å². The summed E-state index contributed by atoms with van der Waals surface area (Å²) >= 11 is 1.44. The Bertz CT molecular complexity index is 1400. The summed E-state index contributed by atoms with van der Waals surface area (Å²) < 4.78 is 15.3. The summed E-state index contributed by atoms with van der Waals surface area (Å²) in [6.07, 6.45) is 1.70. The molecule has 1 N–H and O–H groups in total. The minimum atomic E-state index is -0.261. The van der Waals surface area contributed by atoms with Crippen LogP contribution in [-0.2, 0) is 7.05 Å². The number of para-hydroxylation sites is 1. The van der Waals surface area contributed by atoms with Gasteiger partial charge >= 0.3 is 0 Å². The van der Waals surface area contributed by atoms with E-state index in [4.69, 9.17) is 0 Å². The Hall–Kier alpha value is -3.58. The molecule has 3 aromatic heterocycles. The van der Waals surface area contributed by atoms with Crippen LogP contribution < -0.4 is 5.43 Å². The van der Waals surface area contributed by atoms with Gasteiger partial charge in [-0.25, -0.2) is 14.4 Å². The van der Waals surface area contributed by atoms with Crippen LogP contribution in [0.15, 0.2) is 65.1 Å². The number of rotatable bonds is 4. The van der Waals surface area contributed by atoms with Gasteiger partial charge in [-0.05, 0) is 43.3 Å². The fraction of sp³-hybridized carbons (Fsp3) is 0.0870. The van der Waals surface area contributed by atoms with E-state index in [2.05, 4.69) is 50.3 Å². The molecule has 0 aliphatic heterocycles. The van der Waals surface area contributed by atoms with Gasteiger partial charge in [0.1, 0.15) is 5.82 Å². The van der Waals surface area contributed by atoms with Gasteiger partial charge in [-0.3, -0.25) is 5.43 Å². The van der Waals surface area contributed by atoms with Crippen molar-refractivity contribution in [2.45, 2.75) is 6.92 Å². The number of halogens is 1. The molecule has 5 rings (SSSR count). The molecule has 0 atom stereocenters. The minimum absolute atomic E-state index is 0.261. The molecule has 0 aliphatic carbocycles. The van der Waals surface area contributed by atoms with E-state index in [0.29, 0.717) is 5.13 Å². The van der Waals surface area contributed by atoms with Gasteiger partial charge < -0.3 is 4.57 Å². The van der Waals surface area contributed by atoms with E-state index in [1.807, 2.05) is 24.4 Å². The second-order valence-electron chi connectivity index (χ2n) is 7.02. The lowest BCUT2D eigenvalue weighted by molar-refractivity contribution is 0.628. The van der Waals surface area contributed by atoms with Crippen molar-refractivity contribution < 1.29 is 4.39 Å². The van der Waals surface area contributed by atoms with Crippen LogP contribution in [0.1, 0.15) is 11.4 Å². The SMILES string of the molecule is Cc1nc(/C=N/Nc2nc(-c3ccc(F)cc3)cs2)cc2c3ccccc3n(C)c12. The second-order valence-corrected chi connectivity index (χ2v) is 7.88. The molecule has 148 valence electrons. The smallest absolute Gasteiger partial charge is 0.203 e. The van der Waals surface area contributed by atoms with Crippen molar-refractivity contribution in [3.8, 4) is 11.3 Å². The number of aromatic nitrogens is 3. The van der Waals surface area contributed by atoms with E-state index in [1.54, 1.807) is 18.3 Å². The Morgan fingerprint density at radius 1 is 1.07 bits per heavy atom. The van der Waals surface area contributed by atoms with Crippen LogP contribution in [-0.4, -0.2) is 20.7 Å². The largest absolute Gasteiger partial charge is 0.342 e. The molecule has 0 bridgehead atoms. The first-order chi connectivity index (χ1) is 14.6. The molecule has 3 heterocycles. The molecule has 0 unspecified atom stereocenters. The third kappa shape index (κ3) is 3.23. The molecule has 7 heteroatoms. The van der Waals surface area contributed by atoms with Crippen molar-refractivity contribution in [2.24, 2.45) is 12.1 Å². The van der Waals surface area contributed by atoms with Gasteiger partial charge in [0.05, 0.1) is 28.8 Å². The number of hydrogen-bond acceptors (Lipinski definition) is 5. The number of nitrogens with one attached hydrogen (secondary N) is 1. The predicted octanol–water partition coefficient (Wildman–Crippen LogP) is 5.74. The van der Waals surface area contributed by atoms with Gasteiger partial charge in [0.2, 0.25) is 5.13 Å². The third-order valence-corrected chi connectivity index (χ3v) is 5.83. The number of hydrogen-bond donors (Lipinski definition) is 1. The van der Waals surface area contributed by atoms with Gasteiger partial charge in [-0.1, -0.05) is 18.2 Å². The van der Waals surface area contributed by atoms with Gasteiger partial charge in [0.15, 0.2) is 0 Å². The highest BCUT2D eigenvalue weighted by atomic mass is 32.1. The van der Waals surface area contributed by atoms with Crippen LogP contribution in [0.4, 0.5) is 9.52 Å². The molecular weight excluding hydrogens is 397 g/mol. The normalized spacial score (nSPS) is 11.7. The highest BCUT2D eigenvalue weighted by Gasteiger charge is 2.11. The molecule has 0 radical (unpaired) electrons. The average Bonchev–Trinajstić information content (AvgIpc) is 3.33. The first kappa shape index (κ1) is 18.4. The summed E-state index contributed by atoms with van der Waals surface area (Å²) in [6.45, 7) is 2.02. The molecule has 0 amide bonds. The first-order valence-electron chi connectivity index (χ1n) is 9.45. The number of benzene rings is 2. The van der Waals surface area contributed by atoms with Crippen molar-refractivity contribution in [1.29, 1.82) is 0 Å². The Balaban J connectivity index is 1.41. The van der Waals surface area contributed by atoms with Crippen molar-refractivity contribution in [1.82, 2.24) is 14.5 Å². The van der Waals surface area contributed by atoms with E-state index >= 15 is 0 Å². The number of hydrazone groups is 1. The molecule has 5 nitrogen and oxygen atoms in total. The summed E-state index contributed by atoms with van der Waals surface area (Å²) in [6, 6.07) is 16.7. The van der Waals surface area contributed by atoms with Crippen LogP contribution in [0.2, 0.25) is 0 Å². The van der Waals surface area contributed by atoms with Crippen LogP contribution in [0.25, 0.3) is 33.1 Å². The van der Waals surface area contributed by atoms with E-state index < -0.39 is 0 Å². The standard InChI is InChI=1S/C23H18FN5S/c1-14-22-19(18-5-3-4-6-21(18)29(22)2)11-17(26-14)12-25-28-23-27-20(13-30-23)15-7-9-16(24)10-8-15/h3-13H,1-2H3,(H,27,28)/b25-12+. The van der Waals surface area contributed by atoms with Crippen molar-refractivity contribution >= 4 is 44.5 Å². The van der Waals surface area contributed by atoms with Crippen molar-refractivity contribution in [3.63, 3.8) is 0 Å². The molecule has 5 aromatic rings. The van der Waals surface area contributed by atoms with E-state index in [1.165, 1.54) is 34.4 Å². The minimum Gasteiger partial charge on any atom is -0.342 e. The summed E-state index contributed by atoms with van der Waals surface area (Å²) in [7, 11) is 2.07. The Morgan fingerprint density at radius 2 is 1.87 bits per heavy atom. The summed E-state index contributed by atoms with van der Waals surface area (Å²) in [5, 5.41) is 9.25. The maximum Gasteiger partial charge on any atom is 0.203 e. The number of nitrogens with zero attached hydrogens (tertiary/aromatic N) is 4. The lowest BCUT2D eigenvalue weighted by Gasteiger charge is -2.02. The topological polar surface area (TPSA) is 55.1 Å². The lowest BCUT2D eigenvalue weighted by atomic mass is 10.1. The molecule has 30 heavy (non-hydrogen) atoms.